The number of likely N-dealkylation sites (N-methyl/N-ethyl adjacent to an activating group) is 1. The van der Waals surface area contributed by atoms with Gasteiger partial charge in [0.2, 0.25) is 5.91 Å². The van der Waals surface area contributed by atoms with Crippen LogP contribution in [0.5, 0.6) is 0 Å². The molecule has 1 aliphatic rings. The molecule has 3 heterocycles. The molecule has 1 atom stereocenters. The molecule has 0 radical (unpaired) electrons. The van der Waals surface area contributed by atoms with Crippen molar-refractivity contribution >= 4 is 17.5 Å². The predicted octanol–water partition coefficient (Wildman–Crippen LogP) is 0.765. The van der Waals surface area contributed by atoms with Crippen molar-refractivity contribution in [3.8, 4) is 0 Å². The Morgan fingerprint density at radius 2 is 2.27 bits per heavy atom. The second-order valence-corrected chi connectivity index (χ2v) is 5.83. The van der Waals surface area contributed by atoms with Crippen LogP contribution in [0.2, 0.25) is 5.02 Å². The van der Waals surface area contributed by atoms with E-state index in [0.717, 1.165) is 17.3 Å². The minimum absolute atomic E-state index is 0.0296. The molecule has 0 saturated heterocycles. The fourth-order valence-electron chi connectivity index (χ4n) is 2.51. The van der Waals surface area contributed by atoms with Gasteiger partial charge in [0.05, 0.1) is 30.4 Å². The van der Waals surface area contributed by atoms with Crippen molar-refractivity contribution < 1.29 is 4.79 Å². The molecule has 0 aromatic carbocycles. The van der Waals surface area contributed by atoms with E-state index in [0.29, 0.717) is 24.7 Å². The van der Waals surface area contributed by atoms with E-state index in [1.165, 1.54) is 0 Å². The van der Waals surface area contributed by atoms with Crippen LogP contribution in [-0.2, 0) is 24.4 Å². The SMILES string of the molecule is Cc1nnc2n1CC(C(=O)NCc1ccc(Cl)cn1)N(C)C2. The molecule has 8 heteroatoms. The fourth-order valence-corrected chi connectivity index (χ4v) is 2.63. The van der Waals surface area contributed by atoms with Crippen LogP contribution < -0.4 is 5.32 Å². The van der Waals surface area contributed by atoms with Crippen LogP contribution in [0.3, 0.4) is 0 Å². The minimum atomic E-state index is -0.241. The van der Waals surface area contributed by atoms with Crippen LogP contribution in [0.25, 0.3) is 0 Å². The van der Waals surface area contributed by atoms with Gasteiger partial charge in [0.15, 0.2) is 0 Å². The Labute approximate surface area is 133 Å². The number of fused-ring (bicyclic) bond motifs is 1. The van der Waals surface area contributed by atoms with Crippen LogP contribution in [0, 0.1) is 6.92 Å². The molecule has 0 spiro atoms. The molecule has 2 aromatic rings. The number of rotatable bonds is 3. The molecule has 1 unspecified atom stereocenters. The molecule has 1 amide bonds. The molecule has 0 fully saturated rings. The first-order valence-electron chi connectivity index (χ1n) is 7.01. The average Bonchev–Trinajstić information content (AvgIpc) is 2.86. The second-order valence-electron chi connectivity index (χ2n) is 5.39. The molecule has 1 N–H and O–H groups in total. The topological polar surface area (TPSA) is 75.9 Å². The van der Waals surface area contributed by atoms with E-state index in [-0.39, 0.29) is 11.9 Å². The molecular formula is C14H17ClN6O. The normalized spacial score (nSPS) is 18.0. The Bertz CT molecular complexity index is 683. The first-order chi connectivity index (χ1) is 10.5. The molecule has 0 bridgehead atoms. The molecule has 116 valence electrons. The summed E-state index contributed by atoms with van der Waals surface area (Å²) in [5.74, 6) is 1.70. The van der Waals surface area contributed by atoms with Gasteiger partial charge in [-0.2, -0.15) is 0 Å². The smallest absolute Gasteiger partial charge is 0.239 e. The van der Waals surface area contributed by atoms with Gasteiger partial charge in [-0.25, -0.2) is 0 Å². The van der Waals surface area contributed by atoms with Gasteiger partial charge in [-0.1, -0.05) is 11.6 Å². The van der Waals surface area contributed by atoms with E-state index in [2.05, 4.69) is 20.5 Å². The van der Waals surface area contributed by atoms with Crippen LogP contribution in [-0.4, -0.2) is 43.6 Å². The van der Waals surface area contributed by atoms with Crippen molar-refractivity contribution in [1.29, 1.82) is 0 Å². The molecular weight excluding hydrogens is 304 g/mol. The standard InChI is InChI=1S/C14H17ClN6O/c1-9-18-19-13-8-20(2)12(7-21(9)13)14(22)17-6-11-4-3-10(15)5-16-11/h3-5,12H,6-8H2,1-2H3,(H,17,22). The Balaban J connectivity index is 1.65. The molecule has 1 aliphatic heterocycles. The Kier molecular flexibility index (Phi) is 4.08. The number of halogens is 1. The van der Waals surface area contributed by atoms with Crippen molar-refractivity contribution in [2.45, 2.75) is 32.6 Å². The van der Waals surface area contributed by atoms with Crippen LogP contribution in [0.15, 0.2) is 18.3 Å². The number of nitrogens with one attached hydrogen (secondary N) is 1. The summed E-state index contributed by atoms with van der Waals surface area (Å²) in [6.07, 6.45) is 1.57. The van der Waals surface area contributed by atoms with Gasteiger partial charge in [0, 0.05) is 6.20 Å². The third-order valence-electron chi connectivity index (χ3n) is 3.83. The highest BCUT2D eigenvalue weighted by Crippen LogP contribution is 2.16. The predicted molar refractivity (Wildman–Crippen MR) is 81.1 cm³/mol. The summed E-state index contributed by atoms with van der Waals surface area (Å²) in [6.45, 7) is 3.45. The van der Waals surface area contributed by atoms with E-state index < -0.39 is 0 Å². The molecule has 0 aliphatic carbocycles. The lowest BCUT2D eigenvalue weighted by Crippen LogP contribution is -2.50. The van der Waals surface area contributed by atoms with Gasteiger partial charge in [0.25, 0.3) is 0 Å². The molecule has 7 nitrogen and oxygen atoms in total. The first kappa shape index (κ1) is 14.9. The van der Waals surface area contributed by atoms with E-state index in [1.807, 2.05) is 23.4 Å². The van der Waals surface area contributed by atoms with Gasteiger partial charge in [-0.15, -0.1) is 10.2 Å². The lowest BCUT2D eigenvalue weighted by atomic mass is 10.2. The third-order valence-corrected chi connectivity index (χ3v) is 4.05. The highest BCUT2D eigenvalue weighted by molar-refractivity contribution is 6.30. The maximum atomic E-state index is 12.4. The largest absolute Gasteiger partial charge is 0.349 e. The number of hydrogen-bond acceptors (Lipinski definition) is 5. The van der Waals surface area contributed by atoms with Crippen molar-refractivity contribution in [1.82, 2.24) is 30.0 Å². The maximum Gasteiger partial charge on any atom is 0.239 e. The number of aryl methyl sites for hydroxylation is 1. The highest BCUT2D eigenvalue weighted by atomic mass is 35.5. The quantitative estimate of drug-likeness (QED) is 0.904. The number of hydrogen-bond donors (Lipinski definition) is 1. The zero-order valence-electron chi connectivity index (χ0n) is 12.5. The van der Waals surface area contributed by atoms with Gasteiger partial charge in [-0.05, 0) is 26.1 Å². The number of carbonyl (C=O) groups excluding carboxylic acids is 1. The zero-order chi connectivity index (χ0) is 15.7. The van der Waals surface area contributed by atoms with Crippen molar-refractivity contribution in [3.05, 3.63) is 40.7 Å². The van der Waals surface area contributed by atoms with Gasteiger partial charge in [0.1, 0.15) is 17.7 Å². The third kappa shape index (κ3) is 2.95. The number of pyridine rings is 1. The zero-order valence-corrected chi connectivity index (χ0v) is 13.2. The fraction of sp³-hybridized carbons (Fsp3) is 0.429. The molecule has 22 heavy (non-hydrogen) atoms. The van der Waals surface area contributed by atoms with Gasteiger partial charge >= 0.3 is 0 Å². The van der Waals surface area contributed by atoms with Crippen molar-refractivity contribution in [2.75, 3.05) is 7.05 Å². The van der Waals surface area contributed by atoms with Gasteiger partial charge in [-0.3, -0.25) is 14.7 Å². The second kappa shape index (κ2) is 6.02. The van der Waals surface area contributed by atoms with Crippen LogP contribution >= 0.6 is 11.6 Å². The van der Waals surface area contributed by atoms with Crippen LogP contribution in [0.1, 0.15) is 17.3 Å². The summed E-state index contributed by atoms with van der Waals surface area (Å²) >= 11 is 5.80. The first-order valence-corrected chi connectivity index (χ1v) is 7.39. The Morgan fingerprint density at radius 1 is 1.45 bits per heavy atom. The van der Waals surface area contributed by atoms with Crippen molar-refractivity contribution in [2.24, 2.45) is 0 Å². The minimum Gasteiger partial charge on any atom is -0.349 e. The van der Waals surface area contributed by atoms with Gasteiger partial charge < -0.3 is 9.88 Å². The lowest BCUT2D eigenvalue weighted by molar-refractivity contribution is -0.127. The van der Waals surface area contributed by atoms with E-state index in [1.54, 1.807) is 18.3 Å². The van der Waals surface area contributed by atoms with E-state index in [9.17, 15) is 4.79 Å². The number of carbonyl (C=O) groups is 1. The molecule has 3 rings (SSSR count). The number of amides is 1. The number of aromatic nitrogens is 4. The van der Waals surface area contributed by atoms with Crippen molar-refractivity contribution in [3.63, 3.8) is 0 Å². The van der Waals surface area contributed by atoms with E-state index in [4.69, 9.17) is 11.6 Å². The lowest BCUT2D eigenvalue weighted by Gasteiger charge is -2.32. The summed E-state index contributed by atoms with van der Waals surface area (Å²) < 4.78 is 1.99. The summed E-state index contributed by atoms with van der Waals surface area (Å²) in [5.41, 5.74) is 0.775. The summed E-state index contributed by atoms with van der Waals surface area (Å²) in [7, 11) is 1.91. The molecule has 2 aromatic heterocycles. The van der Waals surface area contributed by atoms with Crippen LogP contribution in [0.4, 0.5) is 0 Å². The molecule has 0 saturated carbocycles. The Morgan fingerprint density at radius 3 is 3.00 bits per heavy atom. The maximum absolute atomic E-state index is 12.4. The summed E-state index contributed by atoms with van der Waals surface area (Å²) in [4.78, 5) is 18.6. The number of nitrogens with zero attached hydrogens (tertiary/aromatic N) is 5. The summed E-state index contributed by atoms with van der Waals surface area (Å²) in [6, 6.07) is 3.32. The average molecular weight is 321 g/mol. The Hall–Kier alpha value is -1.99. The van der Waals surface area contributed by atoms with E-state index >= 15 is 0 Å². The highest BCUT2D eigenvalue weighted by Gasteiger charge is 2.30. The monoisotopic (exact) mass is 320 g/mol. The summed E-state index contributed by atoms with van der Waals surface area (Å²) in [5, 5.41) is 11.7.